The molecule has 0 saturated heterocycles. The molecule has 0 aromatic carbocycles. The molecule has 1 unspecified atom stereocenters. The lowest BCUT2D eigenvalue weighted by atomic mass is 10.1. The predicted octanol–water partition coefficient (Wildman–Crippen LogP) is 2.95. The first-order valence-corrected chi connectivity index (χ1v) is 5.32. The van der Waals surface area contributed by atoms with Crippen LogP contribution in [0.2, 0.25) is 0 Å². The van der Waals surface area contributed by atoms with Gasteiger partial charge < -0.3 is 10.1 Å². The standard InChI is InChI=1S/C11H23NO2/c1-6-7-9(2)8-12-10(13)14-11(3,4)5/h9H,6-8H2,1-5H3,(H,12,13). The lowest BCUT2D eigenvalue weighted by Gasteiger charge is -2.20. The van der Waals surface area contributed by atoms with Gasteiger partial charge in [-0.3, -0.25) is 0 Å². The van der Waals surface area contributed by atoms with Crippen LogP contribution in [0.3, 0.4) is 0 Å². The van der Waals surface area contributed by atoms with E-state index in [9.17, 15) is 4.79 Å². The van der Waals surface area contributed by atoms with Gasteiger partial charge in [0.15, 0.2) is 0 Å². The van der Waals surface area contributed by atoms with Crippen LogP contribution in [0.15, 0.2) is 0 Å². The maximum atomic E-state index is 11.2. The molecule has 84 valence electrons. The Morgan fingerprint density at radius 1 is 1.43 bits per heavy atom. The summed E-state index contributed by atoms with van der Waals surface area (Å²) in [5.41, 5.74) is -0.405. The van der Waals surface area contributed by atoms with E-state index in [2.05, 4.69) is 19.2 Å². The van der Waals surface area contributed by atoms with E-state index in [-0.39, 0.29) is 6.09 Å². The van der Waals surface area contributed by atoms with Crippen LogP contribution in [0.4, 0.5) is 4.79 Å². The van der Waals surface area contributed by atoms with Crippen molar-refractivity contribution < 1.29 is 9.53 Å². The van der Waals surface area contributed by atoms with Crippen LogP contribution in [0.1, 0.15) is 47.5 Å². The van der Waals surface area contributed by atoms with Crippen molar-refractivity contribution in [2.45, 2.75) is 53.1 Å². The van der Waals surface area contributed by atoms with Gasteiger partial charge in [-0.05, 0) is 33.1 Å². The van der Waals surface area contributed by atoms with Crippen molar-refractivity contribution in [2.75, 3.05) is 6.54 Å². The summed E-state index contributed by atoms with van der Waals surface area (Å²) in [7, 11) is 0. The third kappa shape index (κ3) is 7.90. The number of rotatable bonds is 4. The maximum absolute atomic E-state index is 11.2. The van der Waals surface area contributed by atoms with Crippen molar-refractivity contribution in [2.24, 2.45) is 5.92 Å². The van der Waals surface area contributed by atoms with Crippen LogP contribution in [0.25, 0.3) is 0 Å². The summed E-state index contributed by atoms with van der Waals surface area (Å²) in [6.45, 7) is 10.6. The Balaban J connectivity index is 3.64. The van der Waals surface area contributed by atoms with E-state index in [1.54, 1.807) is 0 Å². The molecule has 0 aliphatic heterocycles. The molecule has 0 rings (SSSR count). The van der Waals surface area contributed by atoms with Crippen molar-refractivity contribution >= 4 is 6.09 Å². The normalized spacial score (nSPS) is 13.5. The minimum Gasteiger partial charge on any atom is -0.444 e. The molecule has 0 aliphatic rings. The summed E-state index contributed by atoms with van der Waals surface area (Å²) < 4.78 is 5.12. The zero-order valence-electron chi connectivity index (χ0n) is 10.0. The van der Waals surface area contributed by atoms with Crippen LogP contribution < -0.4 is 5.32 Å². The molecule has 0 bridgehead atoms. The van der Waals surface area contributed by atoms with Crippen LogP contribution >= 0.6 is 0 Å². The zero-order valence-corrected chi connectivity index (χ0v) is 10.0. The van der Waals surface area contributed by atoms with E-state index in [0.717, 1.165) is 12.8 Å². The summed E-state index contributed by atoms with van der Waals surface area (Å²) >= 11 is 0. The average Bonchev–Trinajstić information content (AvgIpc) is 1.98. The molecule has 0 aromatic heterocycles. The van der Waals surface area contributed by atoms with Gasteiger partial charge in [-0.15, -0.1) is 0 Å². The number of hydrogen-bond acceptors (Lipinski definition) is 2. The smallest absolute Gasteiger partial charge is 0.407 e. The summed E-state index contributed by atoms with van der Waals surface area (Å²) in [4.78, 5) is 11.2. The Morgan fingerprint density at radius 3 is 2.43 bits per heavy atom. The highest BCUT2D eigenvalue weighted by Crippen LogP contribution is 2.07. The molecule has 0 radical (unpaired) electrons. The molecule has 3 nitrogen and oxygen atoms in total. The second-order valence-electron chi connectivity index (χ2n) is 4.78. The number of hydrogen-bond donors (Lipinski definition) is 1. The number of amides is 1. The monoisotopic (exact) mass is 201 g/mol. The van der Waals surface area contributed by atoms with Crippen molar-refractivity contribution in [3.05, 3.63) is 0 Å². The van der Waals surface area contributed by atoms with E-state index in [4.69, 9.17) is 4.74 Å². The van der Waals surface area contributed by atoms with Gasteiger partial charge in [0.25, 0.3) is 0 Å². The summed E-state index contributed by atoms with van der Waals surface area (Å²) in [6.07, 6.45) is 1.97. The quantitative estimate of drug-likeness (QED) is 0.759. The Morgan fingerprint density at radius 2 is 2.00 bits per heavy atom. The second-order valence-corrected chi connectivity index (χ2v) is 4.78. The molecule has 1 amide bonds. The van der Waals surface area contributed by atoms with Crippen LogP contribution in [-0.4, -0.2) is 18.2 Å². The van der Waals surface area contributed by atoms with Gasteiger partial charge in [0.05, 0.1) is 0 Å². The van der Waals surface area contributed by atoms with Gasteiger partial charge in [0, 0.05) is 6.54 Å². The number of nitrogens with one attached hydrogen (secondary N) is 1. The molecule has 1 atom stereocenters. The summed E-state index contributed by atoms with van der Waals surface area (Å²) in [6, 6.07) is 0. The van der Waals surface area contributed by atoms with Crippen molar-refractivity contribution in [1.29, 1.82) is 0 Å². The molecule has 0 heterocycles. The molecule has 0 spiro atoms. The second kappa shape index (κ2) is 5.89. The molecule has 0 fully saturated rings. The number of alkyl carbamates (subject to hydrolysis) is 1. The first-order chi connectivity index (χ1) is 6.35. The van der Waals surface area contributed by atoms with E-state index in [1.807, 2.05) is 20.8 Å². The van der Waals surface area contributed by atoms with Gasteiger partial charge in [0.2, 0.25) is 0 Å². The highest BCUT2D eigenvalue weighted by molar-refractivity contribution is 5.67. The lowest BCUT2D eigenvalue weighted by molar-refractivity contribution is 0.0519. The van der Waals surface area contributed by atoms with Crippen LogP contribution in [0, 0.1) is 5.92 Å². The Kier molecular flexibility index (Phi) is 5.58. The summed E-state index contributed by atoms with van der Waals surface area (Å²) in [5, 5.41) is 2.76. The molecule has 0 aromatic rings. The Hall–Kier alpha value is -0.730. The minimum atomic E-state index is -0.405. The summed E-state index contributed by atoms with van der Waals surface area (Å²) in [5.74, 6) is 0.521. The van der Waals surface area contributed by atoms with E-state index in [0.29, 0.717) is 12.5 Å². The lowest BCUT2D eigenvalue weighted by Crippen LogP contribution is -2.34. The number of ether oxygens (including phenoxy) is 1. The first kappa shape index (κ1) is 13.3. The third-order valence-corrected chi connectivity index (χ3v) is 1.78. The maximum Gasteiger partial charge on any atom is 0.407 e. The van der Waals surface area contributed by atoms with E-state index < -0.39 is 5.60 Å². The van der Waals surface area contributed by atoms with Gasteiger partial charge >= 0.3 is 6.09 Å². The average molecular weight is 201 g/mol. The van der Waals surface area contributed by atoms with Crippen molar-refractivity contribution in [3.8, 4) is 0 Å². The fourth-order valence-corrected chi connectivity index (χ4v) is 1.17. The van der Waals surface area contributed by atoms with E-state index in [1.165, 1.54) is 0 Å². The largest absolute Gasteiger partial charge is 0.444 e. The fourth-order valence-electron chi connectivity index (χ4n) is 1.17. The topological polar surface area (TPSA) is 38.3 Å². The van der Waals surface area contributed by atoms with Gasteiger partial charge in [0.1, 0.15) is 5.60 Å². The highest BCUT2D eigenvalue weighted by atomic mass is 16.6. The Labute approximate surface area is 87.2 Å². The molecular weight excluding hydrogens is 178 g/mol. The fraction of sp³-hybridized carbons (Fsp3) is 0.909. The molecule has 1 N–H and O–H groups in total. The molecule has 0 saturated carbocycles. The van der Waals surface area contributed by atoms with Crippen molar-refractivity contribution in [1.82, 2.24) is 5.32 Å². The zero-order chi connectivity index (χ0) is 11.2. The van der Waals surface area contributed by atoms with Crippen LogP contribution in [0.5, 0.6) is 0 Å². The number of carbonyl (C=O) groups is 1. The van der Waals surface area contributed by atoms with Gasteiger partial charge in [-0.25, -0.2) is 4.79 Å². The predicted molar refractivity (Wildman–Crippen MR) is 58.3 cm³/mol. The molecular formula is C11H23NO2. The van der Waals surface area contributed by atoms with Crippen molar-refractivity contribution in [3.63, 3.8) is 0 Å². The third-order valence-electron chi connectivity index (χ3n) is 1.78. The minimum absolute atomic E-state index is 0.319. The SMILES string of the molecule is CCCC(C)CNC(=O)OC(C)(C)C. The van der Waals surface area contributed by atoms with E-state index >= 15 is 0 Å². The first-order valence-electron chi connectivity index (χ1n) is 5.32. The number of carbonyl (C=O) groups excluding carboxylic acids is 1. The molecule has 14 heavy (non-hydrogen) atoms. The van der Waals surface area contributed by atoms with Gasteiger partial charge in [-0.1, -0.05) is 20.3 Å². The highest BCUT2D eigenvalue weighted by Gasteiger charge is 2.16. The van der Waals surface area contributed by atoms with Crippen LogP contribution in [-0.2, 0) is 4.74 Å². The molecule has 0 aliphatic carbocycles. The van der Waals surface area contributed by atoms with Gasteiger partial charge in [-0.2, -0.15) is 0 Å². The molecule has 3 heteroatoms. The Bertz CT molecular complexity index is 173.